The second-order valence-corrected chi connectivity index (χ2v) is 4.94. The smallest absolute Gasteiger partial charge is 0.234 e. The van der Waals surface area contributed by atoms with E-state index in [0.29, 0.717) is 22.3 Å². The molecule has 106 valence electrons. The van der Waals surface area contributed by atoms with Gasteiger partial charge in [0, 0.05) is 23.6 Å². The second kappa shape index (κ2) is 6.83. The van der Waals surface area contributed by atoms with Crippen LogP contribution in [0, 0.1) is 0 Å². The highest BCUT2D eigenvalue weighted by Gasteiger charge is 2.14. The summed E-state index contributed by atoms with van der Waals surface area (Å²) in [7, 11) is 1.45. The molecule has 0 N–H and O–H groups in total. The van der Waals surface area contributed by atoms with Crippen LogP contribution < -0.4 is 0 Å². The maximum Gasteiger partial charge on any atom is 0.234 e. The quantitative estimate of drug-likeness (QED) is 0.820. The van der Waals surface area contributed by atoms with Crippen molar-refractivity contribution < 1.29 is 14.1 Å². The van der Waals surface area contributed by atoms with Gasteiger partial charge in [-0.3, -0.25) is 4.79 Å². The van der Waals surface area contributed by atoms with Gasteiger partial charge in [0.25, 0.3) is 0 Å². The lowest BCUT2D eigenvalue weighted by Crippen LogP contribution is -2.09. The first-order valence-electron chi connectivity index (χ1n) is 5.85. The number of rotatable bonds is 6. The van der Waals surface area contributed by atoms with Gasteiger partial charge in [-0.25, -0.2) is 0 Å². The summed E-state index contributed by atoms with van der Waals surface area (Å²) >= 11 is 12.1. The van der Waals surface area contributed by atoms with E-state index < -0.39 is 0 Å². The molecule has 1 aromatic carbocycles. The van der Waals surface area contributed by atoms with Crippen molar-refractivity contribution in [3.05, 3.63) is 45.5 Å². The molecule has 0 fully saturated rings. The molecule has 1 heterocycles. The summed E-state index contributed by atoms with van der Waals surface area (Å²) in [5.41, 5.74) is 0.728. The zero-order chi connectivity index (χ0) is 14.5. The fourth-order valence-corrected chi connectivity index (χ4v) is 2.20. The van der Waals surface area contributed by atoms with Crippen molar-refractivity contribution in [1.29, 1.82) is 0 Å². The van der Waals surface area contributed by atoms with E-state index in [1.807, 2.05) is 0 Å². The van der Waals surface area contributed by atoms with Gasteiger partial charge in [-0.05, 0) is 17.7 Å². The van der Waals surface area contributed by atoms with Crippen LogP contribution in [0.1, 0.15) is 17.3 Å². The number of hydrogen-bond donors (Lipinski definition) is 0. The minimum absolute atomic E-state index is 0.0219. The van der Waals surface area contributed by atoms with Gasteiger partial charge in [-0.15, -0.1) is 0 Å². The number of nitrogens with zero attached hydrogens (tertiary/aromatic N) is 2. The summed E-state index contributed by atoms with van der Waals surface area (Å²) < 4.78 is 9.75. The van der Waals surface area contributed by atoms with Crippen LogP contribution >= 0.6 is 23.2 Å². The average Bonchev–Trinajstić information content (AvgIpc) is 2.82. The minimum atomic E-state index is -0.126. The summed E-state index contributed by atoms with van der Waals surface area (Å²) in [6, 6.07) is 5.25. The summed E-state index contributed by atoms with van der Waals surface area (Å²) in [4.78, 5) is 15.5. The molecular weight excluding hydrogens is 303 g/mol. The minimum Gasteiger partial charge on any atom is -0.377 e. The molecular formula is C13H12Cl2N2O3. The lowest BCUT2D eigenvalue weighted by molar-refractivity contribution is -0.122. The van der Waals surface area contributed by atoms with Crippen LogP contribution in [0.2, 0.25) is 10.0 Å². The van der Waals surface area contributed by atoms with E-state index in [4.69, 9.17) is 32.5 Å². The van der Waals surface area contributed by atoms with Crippen LogP contribution in [0.25, 0.3) is 0 Å². The Bertz CT molecular complexity index is 593. The number of carbonyl (C=O) groups excluding carboxylic acids is 1. The monoisotopic (exact) mass is 314 g/mol. The lowest BCUT2D eigenvalue weighted by Gasteiger charge is -2.02. The number of ketones is 1. The Kier molecular flexibility index (Phi) is 5.11. The first-order valence-corrected chi connectivity index (χ1v) is 6.60. The molecule has 0 atom stereocenters. The molecule has 2 rings (SSSR count). The van der Waals surface area contributed by atoms with E-state index in [-0.39, 0.29) is 24.7 Å². The molecule has 0 amide bonds. The predicted molar refractivity (Wildman–Crippen MR) is 74.2 cm³/mol. The van der Waals surface area contributed by atoms with Gasteiger partial charge in [0.05, 0.1) is 6.42 Å². The Balaban J connectivity index is 2.08. The topological polar surface area (TPSA) is 65.2 Å². The second-order valence-electron chi connectivity index (χ2n) is 4.13. The number of carbonyl (C=O) groups is 1. The molecule has 5 nitrogen and oxygen atoms in total. The fraction of sp³-hybridized carbons (Fsp3) is 0.308. The molecule has 1 aromatic heterocycles. The van der Waals surface area contributed by atoms with Gasteiger partial charge in [-0.2, -0.15) is 4.98 Å². The van der Waals surface area contributed by atoms with Crippen molar-refractivity contribution >= 4 is 29.0 Å². The van der Waals surface area contributed by atoms with Crippen molar-refractivity contribution in [2.75, 3.05) is 13.7 Å². The Morgan fingerprint density at radius 1 is 1.35 bits per heavy atom. The zero-order valence-electron chi connectivity index (χ0n) is 10.7. The average molecular weight is 315 g/mol. The highest BCUT2D eigenvalue weighted by atomic mass is 35.5. The van der Waals surface area contributed by atoms with Crippen molar-refractivity contribution in [2.45, 2.75) is 12.8 Å². The third-order valence-electron chi connectivity index (χ3n) is 2.56. The maximum absolute atomic E-state index is 11.4. The largest absolute Gasteiger partial charge is 0.377 e. The number of halogens is 2. The molecule has 0 aliphatic rings. The van der Waals surface area contributed by atoms with Crippen LogP contribution in [-0.4, -0.2) is 29.6 Å². The third kappa shape index (κ3) is 3.79. The summed E-state index contributed by atoms with van der Waals surface area (Å²) in [5.74, 6) is 0.559. The fourth-order valence-electron chi connectivity index (χ4n) is 1.67. The Labute approximate surface area is 125 Å². The SMILES string of the molecule is COCC(=O)Cc1nc(Cc2c(Cl)cccc2Cl)no1. The van der Waals surface area contributed by atoms with Crippen LogP contribution in [0.4, 0.5) is 0 Å². The number of benzene rings is 1. The van der Waals surface area contributed by atoms with Crippen LogP contribution in [0.3, 0.4) is 0 Å². The van der Waals surface area contributed by atoms with E-state index >= 15 is 0 Å². The summed E-state index contributed by atoms with van der Waals surface area (Å²) in [6.45, 7) is 0.0219. The molecule has 0 saturated carbocycles. The number of Topliss-reactive ketones (excluding diaryl/α,β-unsaturated/α-hetero) is 1. The molecule has 0 unspecified atom stereocenters. The molecule has 7 heteroatoms. The van der Waals surface area contributed by atoms with Crippen molar-refractivity contribution in [2.24, 2.45) is 0 Å². The van der Waals surface area contributed by atoms with Crippen molar-refractivity contribution in [3.8, 4) is 0 Å². The van der Waals surface area contributed by atoms with Crippen molar-refractivity contribution in [1.82, 2.24) is 10.1 Å². The maximum atomic E-state index is 11.4. The molecule has 0 radical (unpaired) electrons. The van der Waals surface area contributed by atoms with Gasteiger partial charge in [-0.1, -0.05) is 34.4 Å². The number of methoxy groups -OCH3 is 1. The summed E-state index contributed by atoms with van der Waals surface area (Å²) in [6.07, 6.45) is 0.400. The van der Waals surface area contributed by atoms with Crippen LogP contribution in [0.5, 0.6) is 0 Å². The van der Waals surface area contributed by atoms with E-state index in [9.17, 15) is 4.79 Å². The number of ether oxygens (including phenoxy) is 1. The van der Waals surface area contributed by atoms with Crippen LogP contribution in [0.15, 0.2) is 22.7 Å². The molecule has 2 aromatic rings. The van der Waals surface area contributed by atoms with E-state index in [0.717, 1.165) is 5.56 Å². The standard InChI is InChI=1S/C13H12Cl2N2O3/c1-19-7-8(18)5-13-16-12(17-20-13)6-9-10(14)3-2-4-11(9)15/h2-4H,5-7H2,1H3. The first-order chi connectivity index (χ1) is 9.60. The van der Waals surface area contributed by atoms with Crippen LogP contribution in [-0.2, 0) is 22.4 Å². The number of aromatic nitrogens is 2. The lowest BCUT2D eigenvalue weighted by atomic mass is 10.1. The van der Waals surface area contributed by atoms with Gasteiger partial charge >= 0.3 is 0 Å². The van der Waals surface area contributed by atoms with Gasteiger partial charge in [0.15, 0.2) is 11.6 Å². The zero-order valence-corrected chi connectivity index (χ0v) is 12.2. The predicted octanol–water partition coefficient (Wildman–Crippen LogP) is 2.73. The molecule has 0 spiro atoms. The Morgan fingerprint density at radius 2 is 2.05 bits per heavy atom. The van der Waals surface area contributed by atoms with E-state index in [2.05, 4.69) is 10.1 Å². The Hall–Kier alpha value is -1.43. The number of hydrogen-bond acceptors (Lipinski definition) is 5. The van der Waals surface area contributed by atoms with Crippen molar-refractivity contribution in [3.63, 3.8) is 0 Å². The normalized spacial score (nSPS) is 10.8. The highest BCUT2D eigenvalue weighted by molar-refractivity contribution is 6.36. The summed E-state index contributed by atoms with van der Waals surface area (Å²) in [5, 5.41) is 4.89. The molecule has 0 bridgehead atoms. The molecule has 20 heavy (non-hydrogen) atoms. The molecule has 0 saturated heterocycles. The Morgan fingerprint density at radius 3 is 2.70 bits per heavy atom. The van der Waals surface area contributed by atoms with E-state index in [1.165, 1.54) is 7.11 Å². The molecule has 0 aliphatic carbocycles. The van der Waals surface area contributed by atoms with E-state index in [1.54, 1.807) is 18.2 Å². The third-order valence-corrected chi connectivity index (χ3v) is 3.27. The first kappa shape index (κ1) is 15.0. The van der Waals surface area contributed by atoms with Gasteiger partial charge in [0.1, 0.15) is 6.61 Å². The highest BCUT2D eigenvalue weighted by Crippen LogP contribution is 2.26. The van der Waals surface area contributed by atoms with Gasteiger partial charge < -0.3 is 9.26 Å². The van der Waals surface area contributed by atoms with Gasteiger partial charge in [0.2, 0.25) is 5.89 Å². The molecule has 0 aliphatic heterocycles.